The highest BCUT2D eigenvalue weighted by atomic mass is 16.5. The molecule has 1 fully saturated rings. The molecule has 194 valence electrons. The van der Waals surface area contributed by atoms with Gasteiger partial charge in [-0.05, 0) is 42.7 Å². The Kier molecular flexibility index (Phi) is 9.98. The molecule has 10 heteroatoms. The summed E-state index contributed by atoms with van der Waals surface area (Å²) in [7, 11) is 4.19. The molecule has 2 atom stereocenters. The molecule has 3 amide bonds. The summed E-state index contributed by atoms with van der Waals surface area (Å²) < 4.78 is 10.1. The van der Waals surface area contributed by atoms with Crippen molar-refractivity contribution in [3.05, 3.63) is 60.2 Å². The van der Waals surface area contributed by atoms with Crippen molar-refractivity contribution < 1.29 is 33.8 Å². The molecule has 0 heterocycles. The Balaban J connectivity index is 0.000000425. The van der Waals surface area contributed by atoms with Crippen molar-refractivity contribution in [2.24, 2.45) is 11.1 Å². The summed E-state index contributed by atoms with van der Waals surface area (Å²) in [5, 5.41) is 8.80. The highest BCUT2D eigenvalue weighted by molar-refractivity contribution is 6.10. The van der Waals surface area contributed by atoms with Crippen molar-refractivity contribution in [1.82, 2.24) is 9.80 Å². The van der Waals surface area contributed by atoms with Gasteiger partial charge in [0.1, 0.15) is 11.5 Å². The van der Waals surface area contributed by atoms with E-state index in [2.05, 4.69) is 0 Å². The number of Topliss-reactive ketones (excluding diaryl/α,β-unsaturated/α-hetero) is 1. The van der Waals surface area contributed by atoms with Crippen LogP contribution in [-0.2, 0) is 30.5 Å². The minimum Gasteiger partial charge on any atom is -0.508 e. The number of aromatic hydroxyl groups is 1. The number of ether oxygens (including phenoxy) is 2. The van der Waals surface area contributed by atoms with Crippen molar-refractivity contribution in [2.45, 2.75) is 38.6 Å². The third-order valence-electron chi connectivity index (χ3n) is 6.00. The summed E-state index contributed by atoms with van der Waals surface area (Å²) in [6, 6.07) is 14.2. The fraction of sp³-hybridized carbons (Fsp3) is 0.385. The van der Waals surface area contributed by atoms with Gasteiger partial charge in [0.25, 0.3) is 5.91 Å². The number of methoxy groups -OCH3 is 2. The van der Waals surface area contributed by atoms with Gasteiger partial charge >= 0.3 is 0 Å². The first-order valence-electron chi connectivity index (χ1n) is 11.3. The van der Waals surface area contributed by atoms with Gasteiger partial charge in [-0.25, -0.2) is 0 Å². The molecule has 1 aliphatic rings. The first-order chi connectivity index (χ1) is 17.1. The average molecular weight is 500 g/mol. The molecule has 0 radical (unpaired) electrons. The fourth-order valence-electron chi connectivity index (χ4n) is 3.49. The Bertz CT molecular complexity index is 1040. The van der Waals surface area contributed by atoms with Crippen LogP contribution in [0.2, 0.25) is 0 Å². The molecule has 2 aromatic carbocycles. The number of nitrogens with two attached hydrogens (primary N) is 1. The number of ketones is 1. The van der Waals surface area contributed by atoms with E-state index in [4.69, 9.17) is 20.3 Å². The molecule has 3 rings (SSSR count). The smallest absolute Gasteiger partial charge is 0.273 e. The Labute approximate surface area is 210 Å². The van der Waals surface area contributed by atoms with E-state index in [1.165, 1.54) is 14.2 Å². The van der Waals surface area contributed by atoms with Gasteiger partial charge in [-0.1, -0.05) is 37.3 Å². The van der Waals surface area contributed by atoms with Crippen molar-refractivity contribution in [2.75, 3.05) is 21.3 Å². The van der Waals surface area contributed by atoms with Gasteiger partial charge in [0, 0.05) is 26.1 Å². The number of hydrogen-bond donors (Lipinski definition) is 2. The van der Waals surface area contributed by atoms with Crippen LogP contribution in [0.3, 0.4) is 0 Å². The van der Waals surface area contributed by atoms with Crippen molar-refractivity contribution in [1.29, 1.82) is 0 Å². The minimum atomic E-state index is -1.40. The third-order valence-corrected chi connectivity index (χ3v) is 6.00. The lowest BCUT2D eigenvalue weighted by molar-refractivity contribution is -0.163. The largest absolute Gasteiger partial charge is 0.508 e. The number of rotatable bonds is 11. The van der Waals surface area contributed by atoms with Crippen LogP contribution in [0.25, 0.3) is 0 Å². The first-order valence-corrected chi connectivity index (χ1v) is 11.3. The summed E-state index contributed by atoms with van der Waals surface area (Å²) in [4.78, 5) is 51.1. The maximum absolute atomic E-state index is 12.9. The molecule has 36 heavy (non-hydrogen) atoms. The maximum atomic E-state index is 12.9. The quantitative estimate of drug-likeness (QED) is 0.272. The minimum absolute atomic E-state index is 0.134. The van der Waals surface area contributed by atoms with Crippen molar-refractivity contribution >= 4 is 24.0 Å². The summed E-state index contributed by atoms with van der Waals surface area (Å²) in [5.74, 6) is -0.966. The lowest BCUT2D eigenvalue weighted by atomic mass is 9.95. The predicted molar refractivity (Wildman–Crippen MR) is 132 cm³/mol. The zero-order chi connectivity index (χ0) is 26.9. The van der Waals surface area contributed by atoms with E-state index in [0.717, 1.165) is 21.1 Å². The molecule has 3 N–H and O–H groups in total. The average Bonchev–Trinajstić information content (AvgIpc) is 3.63. The second-order valence-electron chi connectivity index (χ2n) is 8.73. The Morgan fingerprint density at radius 2 is 1.67 bits per heavy atom. The monoisotopic (exact) mass is 499 g/mol. The number of benzene rings is 2. The molecule has 1 saturated carbocycles. The molecule has 0 aliphatic heterocycles. The number of amides is 3. The molecule has 0 saturated heterocycles. The molecule has 0 spiro atoms. The number of hydrogen-bond acceptors (Lipinski definition) is 7. The van der Waals surface area contributed by atoms with Crippen LogP contribution in [0.5, 0.6) is 11.5 Å². The van der Waals surface area contributed by atoms with E-state index in [1.807, 2.05) is 18.2 Å². The van der Waals surface area contributed by atoms with Gasteiger partial charge in [-0.15, -0.1) is 0 Å². The molecule has 10 nitrogen and oxygen atoms in total. The Morgan fingerprint density at radius 3 is 2.11 bits per heavy atom. The fourth-order valence-corrected chi connectivity index (χ4v) is 3.49. The molecule has 1 aliphatic carbocycles. The number of carbonyl (C=O) groups excluding carboxylic acids is 4. The molecule has 0 aromatic heterocycles. The maximum Gasteiger partial charge on any atom is 0.273 e. The van der Waals surface area contributed by atoms with Gasteiger partial charge in [0.05, 0.1) is 7.11 Å². The molecular formula is C26H33N3O7. The molecule has 2 aromatic rings. The summed E-state index contributed by atoms with van der Waals surface area (Å²) in [5.41, 5.74) is 5.56. The first kappa shape index (κ1) is 28.3. The van der Waals surface area contributed by atoms with Crippen LogP contribution in [0.4, 0.5) is 0 Å². The van der Waals surface area contributed by atoms with E-state index in [1.54, 1.807) is 50.4 Å². The highest BCUT2D eigenvalue weighted by Crippen LogP contribution is 2.47. The summed E-state index contributed by atoms with van der Waals surface area (Å²) in [6.07, 6.45) is 0.518. The van der Waals surface area contributed by atoms with Crippen LogP contribution in [0.15, 0.2) is 54.6 Å². The molecule has 2 unspecified atom stereocenters. The molecular weight excluding hydrogens is 466 g/mol. The van der Waals surface area contributed by atoms with Crippen LogP contribution in [0, 0.1) is 5.41 Å². The number of phenols is 1. The Morgan fingerprint density at radius 1 is 1.08 bits per heavy atom. The zero-order valence-corrected chi connectivity index (χ0v) is 20.9. The lowest BCUT2D eigenvalue weighted by Gasteiger charge is -2.33. The number of phenolic OH excluding ortho intramolecular Hbond substituents is 1. The van der Waals surface area contributed by atoms with E-state index >= 15 is 0 Å². The van der Waals surface area contributed by atoms with Gasteiger partial charge < -0.3 is 30.1 Å². The SMILES string of the molecule is COC(C(=O)N(C)C(C(N)=O)C(=O)C1(C)CC1)N(C=O)Cc1ccccc1.COc1ccc(O)cc1. The number of carbonyl (C=O) groups is 4. The standard InChI is InChI=1S/C19H25N3O5.C7H8O2/c1-19(9-10-19)15(24)14(16(20)25)21(2)17(26)18(27-3)22(12-23)11-13-7-5-4-6-8-13;1-9-7-4-2-6(8)3-5-7/h4-8,12,14,18H,9-11H2,1-3H3,(H2,20,25);2-5,8H,1H3. The number of nitrogens with zero attached hydrogens (tertiary/aromatic N) is 2. The van der Waals surface area contributed by atoms with E-state index in [0.29, 0.717) is 19.3 Å². The number of primary amides is 1. The van der Waals surface area contributed by atoms with Gasteiger partial charge in [0.15, 0.2) is 11.8 Å². The highest BCUT2D eigenvalue weighted by Gasteiger charge is 2.51. The second-order valence-corrected chi connectivity index (χ2v) is 8.73. The third kappa shape index (κ3) is 7.29. The van der Waals surface area contributed by atoms with Gasteiger partial charge in [0.2, 0.25) is 18.5 Å². The van der Waals surface area contributed by atoms with Crippen molar-refractivity contribution in [3.63, 3.8) is 0 Å². The number of likely N-dealkylation sites (N-methyl/N-ethyl adjacent to an activating group) is 1. The normalized spacial score (nSPS) is 14.8. The van der Waals surface area contributed by atoms with Crippen LogP contribution < -0.4 is 10.5 Å². The van der Waals surface area contributed by atoms with Crippen LogP contribution in [-0.4, -0.2) is 72.5 Å². The van der Waals surface area contributed by atoms with E-state index in [9.17, 15) is 19.2 Å². The topological polar surface area (TPSA) is 139 Å². The lowest BCUT2D eigenvalue weighted by Crippen LogP contribution is -2.57. The van der Waals surface area contributed by atoms with Gasteiger partial charge in [-0.3, -0.25) is 19.2 Å². The molecule has 0 bridgehead atoms. The van der Waals surface area contributed by atoms with E-state index in [-0.39, 0.29) is 18.1 Å². The van der Waals surface area contributed by atoms with Gasteiger partial charge in [-0.2, -0.15) is 0 Å². The summed E-state index contributed by atoms with van der Waals surface area (Å²) >= 11 is 0. The van der Waals surface area contributed by atoms with Crippen LogP contribution >= 0.6 is 0 Å². The second kappa shape index (κ2) is 12.7. The van der Waals surface area contributed by atoms with Crippen LogP contribution in [0.1, 0.15) is 25.3 Å². The Hall–Kier alpha value is -3.92. The summed E-state index contributed by atoms with van der Waals surface area (Å²) in [6.45, 7) is 1.87. The zero-order valence-electron chi connectivity index (χ0n) is 20.9. The predicted octanol–water partition coefficient (Wildman–Crippen LogP) is 1.70. The van der Waals surface area contributed by atoms with Crippen molar-refractivity contribution in [3.8, 4) is 11.5 Å². The van der Waals surface area contributed by atoms with E-state index < -0.39 is 29.5 Å².